The molecular formula is C12H20N2O. The third-order valence-corrected chi connectivity index (χ3v) is 3.18. The lowest BCUT2D eigenvalue weighted by molar-refractivity contribution is -0.127. The number of likely N-dealkylation sites (tertiary alicyclic amines) is 1. The van der Waals surface area contributed by atoms with Crippen LogP contribution in [0.1, 0.15) is 40.0 Å². The van der Waals surface area contributed by atoms with Crippen LogP contribution in [0.2, 0.25) is 0 Å². The summed E-state index contributed by atoms with van der Waals surface area (Å²) in [5.74, 6) is 0.790. The number of nitrogens with zero attached hydrogens (tertiary/aromatic N) is 2. The number of carbonyl (C=O) groups excluding carboxylic acids is 1. The van der Waals surface area contributed by atoms with Gasteiger partial charge in [0.2, 0.25) is 5.91 Å². The van der Waals surface area contributed by atoms with Gasteiger partial charge in [0.15, 0.2) is 0 Å². The second-order valence-electron chi connectivity index (χ2n) is 5.06. The SMILES string of the molecule is CCC1CC(=O)N(CCC(C)(C)C#N)C1. The van der Waals surface area contributed by atoms with Gasteiger partial charge in [-0.15, -0.1) is 0 Å². The third-order valence-electron chi connectivity index (χ3n) is 3.18. The lowest BCUT2D eigenvalue weighted by Gasteiger charge is -2.21. The second kappa shape index (κ2) is 4.65. The van der Waals surface area contributed by atoms with Crippen molar-refractivity contribution in [1.82, 2.24) is 4.90 Å². The minimum absolute atomic E-state index is 0.260. The number of amides is 1. The van der Waals surface area contributed by atoms with Crippen molar-refractivity contribution < 1.29 is 4.79 Å². The number of hydrogen-bond donors (Lipinski definition) is 0. The Morgan fingerprint density at radius 1 is 1.60 bits per heavy atom. The molecule has 0 spiro atoms. The van der Waals surface area contributed by atoms with Crippen molar-refractivity contribution in [2.24, 2.45) is 11.3 Å². The van der Waals surface area contributed by atoms with Crippen LogP contribution >= 0.6 is 0 Å². The summed E-state index contributed by atoms with van der Waals surface area (Å²) in [6, 6.07) is 2.27. The number of carbonyl (C=O) groups is 1. The fourth-order valence-corrected chi connectivity index (χ4v) is 1.81. The van der Waals surface area contributed by atoms with E-state index in [9.17, 15) is 4.79 Å². The molecule has 1 unspecified atom stereocenters. The van der Waals surface area contributed by atoms with Gasteiger partial charge in [-0.3, -0.25) is 4.79 Å². The van der Waals surface area contributed by atoms with E-state index in [1.807, 2.05) is 18.7 Å². The van der Waals surface area contributed by atoms with Crippen molar-refractivity contribution in [2.45, 2.75) is 40.0 Å². The van der Waals surface area contributed by atoms with Gasteiger partial charge in [0.25, 0.3) is 0 Å². The van der Waals surface area contributed by atoms with Gasteiger partial charge in [0, 0.05) is 19.5 Å². The molecule has 1 heterocycles. The summed E-state index contributed by atoms with van der Waals surface area (Å²) < 4.78 is 0. The minimum atomic E-state index is -0.315. The Bertz CT molecular complexity index is 278. The topological polar surface area (TPSA) is 44.1 Å². The van der Waals surface area contributed by atoms with E-state index in [0.29, 0.717) is 12.3 Å². The molecule has 1 aliphatic heterocycles. The Kier molecular flexibility index (Phi) is 3.73. The fourth-order valence-electron chi connectivity index (χ4n) is 1.81. The molecule has 0 bridgehead atoms. The Balaban J connectivity index is 2.41. The van der Waals surface area contributed by atoms with Gasteiger partial charge in [-0.1, -0.05) is 13.3 Å². The summed E-state index contributed by atoms with van der Waals surface area (Å²) in [6.07, 6.45) is 2.54. The van der Waals surface area contributed by atoms with E-state index in [0.717, 1.165) is 25.9 Å². The molecule has 1 aliphatic rings. The van der Waals surface area contributed by atoms with Crippen molar-refractivity contribution in [3.63, 3.8) is 0 Å². The zero-order valence-electron chi connectivity index (χ0n) is 9.92. The molecule has 0 aliphatic carbocycles. The van der Waals surface area contributed by atoms with Gasteiger partial charge in [-0.25, -0.2) is 0 Å². The standard InChI is InChI=1S/C12H20N2O/c1-4-10-7-11(15)14(8-10)6-5-12(2,3)9-13/h10H,4-8H2,1-3H3. The first-order chi connectivity index (χ1) is 6.98. The molecule has 0 aromatic rings. The molecule has 3 heteroatoms. The van der Waals surface area contributed by atoms with Crippen LogP contribution in [0.25, 0.3) is 0 Å². The normalized spacial score (nSPS) is 21.9. The van der Waals surface area contributed by atoms with E-state index in [1.54, 1.807) is 0 Å². The molecular weight excluding hydrogens is 188 g/mol. The van der Waals surface area contributed by atoms with Crippen molar-refractivity contribution in [1.29, 1.82) is 5.26 Å². The van der Waals surface area contributed by atoms with Crippen molar-refractivity contribution in [3.8, 4) is 6.07 Å². The van der Waals surface area contributed by atoms with Crippen LogP contribution in [0, 0.1) is 22.7 Å². The van der Waals surface area contributed by atoms with Gasteiger partial charge in [-0.2, -0.15) is 5.26 Å². The Morgan fingerprint density at radius 3 is 2.73 bits per heavy atom. The molecule has 1 atom stereocenters. The third kappa shape index (κ3) is 3.23. The summed E-state index contributed by atoms with van der Waals surface area (Å²) in [4.78, 5) is 13.5. The first-order valence-corrected chi connectivity index (χ1v) is 5.67. The van der Waals surface area contributed by atoms with Gasteiger partial charge in [-0.05, 0) is 26.2 Å². The van der Waals surface area contributed by atoms with E-state index in [2.05, 4.69) is 13.0 Å². The predicted octanol–water partition coefficient (Wildman–Crippen LogP) is 2.18. The highest BCUT2D eigenvalue weighted by molar-refractivity contribution is 5.78. The van der Waals surface area contributed by atoms with Crippen molar-refractivity contribution in [3.05, 3.63) is 0 Å². The largest absolute Gasteiger partial charge is 0.342 e. The smallest absolute Gasteiger partial charge is 0.222 e. The molecule has 15 heavy (non-hydrogen) atoms. The molecule has 1 amide bonds. The lowest BCUT2D eigenvalue weighted by atomic mass is 9.91. The van der Waals surface area contributed by atoms with Crippen molar-refractivity contribution >= 4 is 5.91 Å². The molecule has 1 fully saturated rings. The second-order valence-corrected chi connectivity index (χ2v) is 5.06. The summed E-state index contributed by atoms with van der Waals surface area (Å²) in [5.41, 5.74) is -0.315. The van der Waals surface area contributed by atoms with Crippen LogP contribution in [-0.4, -0.2) is 23.9 Å². The summed E-state index contributed by atoms with van der Waals surface area (Å²) in [7, 11) is 0. The van der Waals surface area contributed by atoms with Crippen molar-refractivity contribution in [2.75, 3.05) is 13.1 Å². The zero-order chi connectivity index (χ0) is 11.5. The molecule has 1 saturated heterocycles. The number of rotatable bonds is 4. The van der Waals surface area contributed by atoms with E-state index < -0.39 is 0 Å². The first-order valence-electron chi connectivity index (χ1n) is 5.67. The Hall–Kier alpha value is -1.04. The highest BCUT2D eigenvalue weighted by Gasteiger charge is 2.29. The predicted molar refractivity (Wildman–Crippen MR) is 59.0 cm³/mol. The van der Waals surface area contributed by atoms with Crippen LogP contribution in [0.4, 0.5) is 0 Å². The minimum Gasteiger partial charge on any atom is -0.342 e. The van der Waals surface area contributed by atoms with E-state index >= 15 is 0 Å². The molecule has 0 aromatic heterocycles. The maximum Gasteiger partial charge on any atom is 0.222 e. The van der Waals surface area contributed by atoms with Crippen LogP contribution in [-0.2, 0) is 4.79 Å². The quantitative estimate of drug-likeness (QED) is 0.710. The van der Waals surface area contributed by atoms with Crippen LogP contribution in [0.5, 0.6) is 0 Å². The lowest BCUT2D eigenvalue weighted by Crippen LogP contribution is -2.29. The summed E-state index contributed by atoms with van der Waals surface area (Å²) in [5, 5.41) is 8.88. The average Bonchev–Trinajstić information content (AvgIpc) is 2.57. The fraction of sp³-hybridized carbons (Fsp3) is 0.833. The van der Waals surface area contributed by atoms with E-state index in [-0.39, 0.29) is 11.3 Å². The van der Waals surface area contributed by atoms with Gasteiger partial charge in [0.1, 0.15) is 0 Å². The number of nitriles is 1. The molecule has 0 aromatic carbocycles. The van der Waals surface area contributed by atoms with E-state index in [4.69, 9.17) is 5.26 Å². The highest BCUT2D eigenvalue weighted by atomic mass is 16.2. The highest BCUT2D eigenvalue weighted by Crippen LogP contribution is 2.24. The first kappa shape index (κ1) is 12.0. The summed E-state index contributed by atoms with van der Waals surface area (Å²) >= 11 is 0. The molecule has 0 N–H and O–H groups in total. The van der Waals surface area contributed by atoms with Gasteiger partial charge >= 0.3 is 0 Å². The van der Waals surface area contributed by atoms with Crippen LogP contribution in [0.3, 0.4) is 0 Å². The Labute approximate surface area is 92.1 Å². The zero-order valence-corrected chi connectivity index (χ0v) is 9.92. The van der Waals surface area contributed by atoms with Gasteiger partial charge < -0.3 is 4.90 Å². The Morgan fingerprint density at radius 2 is 2.27 bits per heavy atom. The maximum absolute atomic E-state index is 11.6. The van der Waals surface area contributed by atoms with E-state index in [1.165, 1.54) is 0 Å². The molecule has 84 valence electrons. The maximum atomic E-state index is 11.6. The molecule has 3 nitrogen and oxygen atoms in total. The molecule has 0 saturated carbocycles. The average molecular weight is 208 g/mol. The monoisotopic (exact) mass is 208 g/mol. The van der Waals surface area contributed by atoms with Crippen LogP contribution < -0.4 is 0 Å². The molecule has 1 rings (SSSR count). The number of hydrogen-bond acceptors (Lipinski definition) is 2. The van der Waals surface area contributed by atoms with Crippen LogP contribution in [0.15, 0.2) is 0 Å². The summed E-state index contributed by atoms with van der Waals surface area (Å²) in [6.45, 7) is 7.59. The molecule has 0 radical (unpaired) electrons. The van der Waals surface area contributed by atoms with Gasteiger partial charge in [0.05, 0.1) is 11.5 Å².